The van der Waals surface area contributed by atoms with E-state index in [0.29, 0.717) is 0 Å². The van der Waals surface area contributed by atoms with Gasteiger partial charge >= 0.3 is 0 Å². The van der Waals surface area contributed by atoms with Crippen molar-refractivity contribution in [3.63, 3.8) is 0 Å². The second-order valence-electron chi connectivity index (χ2n) is 5.84. The maximum absolute atomic E-state index is 5.40. The lowest BCUT2D eigenvalue weighted by Gasteiger charge is -2.41. The van der Waals surface area contributed by atoms with E-state index in [-0.39, 0.29) is 5.54 Å². The number of ether oxygens (including phenoxy) is 1. The third-order valence-electron chi connectivity index (χ3n) is 4.08. The number of rotatable bonds is 5. The average molecular weight is 226 g/mol. The maximum Gasteiger partial charge on any atom is 0.0594 e. The molecule has 3 nitrogen and oxygen atoms in total. The summed E-state index contributed by atoms with van der Waals surface area (Å²) in [6.07, 6.45) is 4.31. The van der Waals surface area contributed by atoms with Crippen molar-refractivity contribution in [1.82, 2.24) is 10.2 Å². The van der Waals surface area contributed by atoms with Crippen LogP contribution in [0.4, 0.5) is 0 Å². The van der Waals surface area contributed by atoms with E-state index in [9.17, 15) is 0 Å². The van der Waals surface area contributed by atoms with Crippen molar-refractivity contribution in [2.24, 2.45) is 5.92 Å². The molecule has 0 amide bonds. The number of nitrogens with zero attached hydrogens (tertiary/aromatic N) is 1. The highest BCUT2D eigenvalue weighted by atomic mass is 16.5. The second-order valence-corrected chi connectivity index (χ2v) is 5.84. The number of nitrogens with one attached hydrogen (secondary N) is 1. The predicted octanol–water partition coefficient (Wildman–Crippen LogP) is 1.49. The standard InChI is InChI=1S/C13H26N2O/c1-13(2,15-6-8-16-9-7-15)11-14-10-12-4-3-5-12/h12,14H,3-11H2,1-2H3. The van der Waals surface area contributed by atoms with Crippen molar-refractivity contribution in [1.29, 1.82) is 0 Å². The Hall–Kier alpha value is -0.120. The fourth-order valence-corrected chi connectivity index (χ4v) is 2.56. The van der Waals surface area contributed by atoms with E-state index in [2.05, 4.69) is 24.1 Å². The average Bonchev–Trinajstić information content (AvgIpc) is 2.23. The van der Waals surface area contributed by atoms with E-state index in [1.807, 2.05) is 0 Å². The highest BCUT2D eigenvalue weighted by Gasteiger charge is 2.28. The first kappa shape index (κ1) is 12.3. The van der Waals surface area contributed by atoms with Gasteiger partial charge in [-0.3, -0.25) is 4.90 Å². The van der Waals surface area contributed by atoms with E-state index < -0.39 is 0 Å². The zero-order valence-corrected chi connectivity index (χ0v) is 10.8. The van der Waals surface area contributed by atoms with Crippen LogP contribution in [0, 0.1) is 5.92 Å². The Kier molecular flexibility index (Phi) is 4.22. The summed E-state index contributed by atoms with van der Waals surface area (Å²) in [7, 11) is 0. The molecule has 0 aromatic carbocycles. The number of hydrogen-bond acceptors (Lipinski definition) is 3. The fraction of sp³-hybridized carbons (Fsp3) is 1.00. The zero-order chi connectivity index (χ0) is 11.4. The van der Waals surface area contributed by atoms with Gasteiger partial charge in [-0.2, -0.15) is 0 Å². The van der Waals surface area contributed by atoms with E-state index in [1.54, 1.807) is 0 Å². The van der Waals surface area contributed by atoms with Crippen LogP contribution in [-0.4, -0.2) is 49.8 Å². The molecular formula is C13H26N2O. The Morgan fingerprint density at radius 2 is 1.94 bits per heavy atom. The molecule has 1 saturated heterocycles. The van der Waals surface area contributed by atoms with Crippen molar-refractivity contribution < 1.29 is 4.74 Å². The third-order valence-corrected chi connectivity index (χ3v) is 4.08. The Morgan fingerprint density at radius 1 is 1.25 bits per heavy atom. The smallest absolute Gasteiger partial charge is 0.0594 e. The molecule has 1 heterocycles. The lowest BCUT2D eigenvalue weighted by atomic mass is 9.85. The quantitative estimate of drug-likeness (QED) is 0.768. The summed E-state index contributed by atoms with van der Waals surface area (Å²) < 4.78 is 5.40. The Balaban J connectivity index is 1.68. The minimum absolute atomic E-state index is 0.271. The summed E-state index contributed by atoms with van der Waals surface area (Å²) in [4.78, 5) is 2.55. The maximum atomic E-state index is 5.40. The minimum atomic E-state index is 0.271. The van der Waals surface area contributed by atoms with Crippen LogP contribution in [0.1, 0.15) is 33.1 Å². The molecule has 94 valence electrons. The molecule has 0 aromatic heterocycles. The molecule has 1 N–H and O–H groups in total. The number of morpholine rings is 1. The van der Waals surface area contributed by atoms with Gasteiger partial charge in [0.05, 0.1) is 13.2 Å². The Labute approximate surface area is 99.5 Å². The van der Waals surface area contributed by atoms with Crippen LogP contribution in [-0.2, 0) is 4.74 Å². The molecule has 16 heavy (non-hydrogen) atoms. The summed E-state index contributed by atoms with van der Waals surface area (Å²) in [5.41, 5.74) is 0.271. The van der Waals surface area contributed by atoms with Crippen molar-refractivity contribution in [2.75, 3.05) is 39.4 Å². The van der Waals surface area contributed by atoms with Gasteiger partial charge in [0.1, 0.15) is 0 Å². The molecule has 2 fully saturated rings. The predicted molar refractivity (Wildman–Crippen MR) is 66.7 cm³/mol. The first-order valence-corrected chi connectivity index (χ1v) is 6.72. The lowest BCUT2D eigenvalue weighted by molar-refractivity contribution is -0.00999. The van der Waals surface area contributed by atoms with E-state index in [4.69, 9.17) is 4.74 Å². The highest BCUT2D eigenvalue weighted by Crippen LogP contribution is 2.25. The summed E-state index contributed by atoms with van der Waals surface area (Å²) in [5.74, 6) is 0.959. The van der Waals surface area contributed by atoms with Gasteiger partial charge in [-0.15, -0.1) is 0 Å². The van der Waals surface area contributed by atoms with E-state index in [0.717, 1.165) is 38.8 Å². The molecule has 2 rings (SSSR count). The summed E-state index contributed by atoms with van der Waals surface area (Å²) in [6.45, 7) is 10.9. The van der Waals surface area contributed by atoms with Crippen molar-refractivity contribution in [3.8, 4) is 0 Å². The molecule has 1 aliphatic carbocycles. The second kappa shape index (κ2) is 5.48. The summed E-state index contributed by atoms with van der Waals surface area (Å²) in [5, 5.41) is 3.64. The number of hydrogen-bond donors (Lipinski definition) is 1. The van der Waals surface area contributed by atoms with Gasteiger partial charge in [0, 0.05) is 25.2 Å². The monoisotopic (exact) mass is 226 g/mol. The van der Waals surface area contributed by atoms with Gasteiger partial charge in [-0.25, -0.2) is 0 Å². The first-order chi connectivity index (χ1) is 7.68. The van der Waals surface area contributed by atoms with E-state index >= 15 is 0 Å². The summed E-state index contributed by atoms with van der Waals surface area (Å²) in [6, 6.07) is 0. The molecule has 1 saturated carbocycles. The van der Waals surface area contributed by atoms with Crippen LogP contribution in [0.3, 0.4) is 0 Å². The van der Waals surface area contributed by atoms with Crippen LogP contribution >= 0.6 is 0 Å². The molecule has 0 spiro atoms. The van der Waals surface area contributed by atoms with E-state index in [1.165, 1.54) is 25.8 Å². The molecule has 0 aromatic rings. The minimum Gasteiger partial charge on any atom is -0.379 e. The molecule has 1 aliphatic heterocycles. The molecule has 0 radical (unpaired) electrons. The Morgan fingerprint density at radius 3 is 2.50 bits per heavy atom. The van der Waals surface area contributed by atoms with Crippen LogP contribution in [0.15, 0.2) is 0 Å². The Bertz CT molecular complexity index is 208. The van der Waals surface area contributed by atoms with Crippen molar-refractivity contribution in [2.45, 2.75) is 38.6 Å². The van der Waals surface area contributed by atoms with Gasteiger partial charge in [-0.05, 0) is 39.2 Å². The largest absolute Gasteiger partial charge is 0.379 e. The van der Waals surface area contributed by atoms with Gasteiger partial charge in [0.15, 0.2) is 0 Å². The topological polar surface area (TPSA) is 24.5 Å². The molecular weight excluding hydrogens is 200 g/mol. The summed E-state index contributed by atoms with van der Waals surface area (Å²) >= 11 is 0. The normalized spacial score (nSPS) is 24.4. The first-order valence-electron chi connectivity index (χ1n) is 6.72. The van der Waals surface area contributed by atoms with Gasteiger partial charge < -0.3 is 10.1 Å². The van der Waals surface area contributed by atoms with Crippen LogP contribution in [0.2, 0.25) is 0 Å². The van der Waals surface area contributed by atoms with Crippen LogP contribution in [0.25, 0.3) is 0 Å². The third kappa shape index (κ3) is 3.19. The molecule has 0 atom stereocenters. The molecule has 2 aliphatic rings. The molecule has 0 bridgehead atoms. The van der Waals surface area contributed by atoms with Gasteiger partial charge in [-0.1, -0.05) is 6.42 Å². The zero-order valence-electron chi connectivity index (χ0n) is 10.8. The fourth-order valence-electron chi connectivity index (χ4n) is 2.56. The van der Waals surface area contributed by atoms with Crippen molar-refractivity contribution in [3.05, 3.63) is 0 Å². The lowest BCUT2D eigenvalue weighted by Crippen LogP contribution is -2.55. The highest BCUT2D eigenvalue weighted by molar-refractivity contribution is 4.86. The van der Waals surface area contributed by atoms with Crippen LogP contribution in [0.5, 0.6) is 0 Å². The molecule has 0 unspecified atom stereocenters. The van der Waals surface area contributed by atoms with Crippen LogP contribution < -0.4 is 5.32 Å². The van der Waals surface area contributed by atoms with Gasteiger partial charge in [0.2, 0.25) is 0 Å². The van der Waals surface area contributed by atoms with Crippen molar-refractivity contribution >= 4 is 0 Å². The SMILES string of the molecule is CC(C)(CNCC1CCC1)N1CCOCC1. The van der Waals surface area contributed by atoms with Gasteiger partial charge in [0.25, 0.3) is 0 Å². The molecule has 3 heteroatoms.